The van der Waals surface area contributed by atoms with Crippen LogP contribution in [-0.2, 0) is 10.0 Å². The highest BCUT2D eigenvalue weighted by atomic mass is 32.2. The molecule has 212 valence electrons. The van der Waals surface area contributed by atoms with Crippen LogP contribution in [0.1, 0.15) is 24.2 Å². The number of sulfonamides is 1. The Bertz CT molecular complexity index is 2000. The fraction of sp³-hybridized carbons (Fsp3) is 0.152. The zero-order chi connectivity index (χ0) is 29.4. The number of carbonyl (C=O) groups is 1. The van der Waals surface area contributed by atoms with E-state index in [-0.39, 0.29) is 5.91 Å². The predicted molar refractivity (Wildman–Crippen MR) is 172 cm³/mol. The number of pyridine rings is 1. The van der Waals surface area contributed by atoms with E-state index >= 15 is 0 Å². The zero-order valence-electron chi connectivity index (χ0n) is 23.5. The largest absolute Gasteiger partial charge is 0.339 e. The monoisotopic (exact) mass is 594 g/mol. The zero-order valence-corrected chi connectivity index (χ0v) is 25.2. The van der Waals surface area contributed by atoms with Crippen molar-refractivity contribution in [3.63, 3.8) is 0 Å². The number of hydrogen-bond donors (Lipinski definition) is 1. The summed E-state index contributed by atoms with van der Waals surface area (Å²) in [7, 11) is -2.12. The van der Waals surface area contributed by atoms with Crippen molar-refractivity contribution in [1.29, 1.82) is 0 Å². The highest BCUT2D eigenvalue weighted by Crippen LogP contribution is 2.41. The summed E-state index contributed by atoms with van der Waals surface area (Å²) in [6.07, 6.45) is 1.86. The molecule has 0 spiro atoms. The van der Waals surface area contributed by atoms with Crippen molar-refractivity contribution in [2.75, 3.05) is 24.4 Å². The quantitative estimate of drug-likeness (QED) is 0.199. The fourth-order valence-electron chi connectivity index (χ4n) is 5.33. The first-order valence-corrected chi connectivity index (χ1v) is 16.1. The first-order valence-electron chi connectivity index (χ1n) is 13.8. The molecule has 6 rings (SSSR count). The maximum Gasteiger partial charge on any atom is 0.273 e. The van der Waals surface area contributed by atoms with Gasteiger partial charge in [-0.3, -0.25) is 9.10 Å². The van der Waals surface area contributed by atoms with Gasteiger partial charge in [-0.2, -0.15) is 0 Å². The van der Waals surface area contributed by atoms with Crippen LogP contribution in [0.15, 0.2) is 101 Å². The Morgan fingerprint density at radius 3 is 2.31 bits per heavy atom. The molecule has 0 aliphatic carbocycles. The van der Waals surface area contributed by atoms with Crippen LogP contribution in [0.5, 0.6) is 0 Å². The number of anilines is 1. The normalized spacial score (nSPS) is 11.7. The van der Waals surface area contributed by atoms with Gasteiger partial charge in [-0.1, -0.05) is 48.5 Å². The van der Waals surface area contributed by atoms with E-state index in [0.717, 1.165) is 38.5 Å². The second-order valence-electron chi connectivity index (χ2n) is 9.95. The topological polar surface area (TPSA) is 86.4 Å². The number of aromatic nitrogens is 2. The fourth-order valence-corrected chi connectivity index (χ4v) is 7.68. The third-order valence-corrected chi connectivity index (χ3v) is 10.8. The molecule has 3 aromatic heterocycles. The summed E-state index contributed by atoms with van der Waals surface area (Å²) in [4.78, 5) is 22.9. The molecule has 3 aromatic carbocycles. The van der Waals surface area contributed by atoms with E-state index in [1.165, 1.54) is 15.6 Å². The van der Waals surface area contributed by atoms with Crippen LogP contribution in [0.4, 0.5) is 5.69 Å². The number of rotatable bonds is 8. The maximum absolute atomic E-state index is 13.3. The van der Waals surface area contributed by atoms with Crippen LogP contribution in [0.3, 0.4) is 0 Å². The van der Waals surface area contributed by atoms with E-state index in [9.17, 15) is 13.2 Å². The molecule has 0 unspecified atom stereocenters. The van der Waals surface area contributed by atoms with Gasteiger partial charge in [0.2, 0.25) is 0 Å². The molecule has 0 aliphatic rings. The SMILES string of the molecule is CCN(CC)C(=O)c1ccc(-c2cnc3[nH]c4ccc(N(C)S(=O)(=O)c5cccs5)cc4c3c2-c2ccccc2)cc1. The molecule has 0 bridgehead atoms. The van der Waals surface area contributed by atoms with Gasteiger partial charge >= 0.3 is 0 Å². The standard InChI is InChI=1S/C33H30N4O3S2/c1-4-37(5-2)33(38)24-15-13-22(14-16-24)27-21-34-32-31(30(27)23-10-7-6-8-11-23)26-20-25(17-18-28(26)35-32)36(3)42(39,40)29-12-9-19-41-29/h6-21H,4-5H2,1-3H3,(H,34,35). The number of H-pyrrole nitrogens is 1. The molecule has 0 saturated heterocycles. The van der Waals surface area contributed by atoms with Crippen LogP contribution in [-0.4, -0.2) is 49.3 Å². The number of hydrogen-bond acceptors (Lipinski definition) is 5. The summed E-state index contributed by atoms with van der Waals surface area (Å²) < 4.78 is 28.2. The predicted octanol–water partition coefficient (Wildman–Crippen LogP) is 7.42. The van der Waals surface area contributed by atoms with Crippen molar-refractivity contribution in [3.8, 4) is 22.3 Å². The molecule has 1 amide bonds. The van der Waals surface area contributed by atoms with E-state index in [4.69, 9.17) is 4.98 Å². The van der Waals surface area contributed by atoms with E-state index < -0.39 is 10.0 Å². The Kier molecular flexibility index (Phi) is 7.30. The van der Waals surface area contributed by atoms with Gasteiger partial charge < -0.3 is 9.88 Å². The van der Waals surface area contributed by atoms with E-state index in [1.54, 1.807) is 35.5 Å². The van der Waals surface area contributed by atoms with Crippen molar-refractivity contribution < 1.29 is 13.2 Å². The van der Waals surface area contributed by atoms with Crippen molar-refractivity contribution in [3.05, 3.63) is 102 Å². The van der Waals surface area contributed by atoms with Gasteiger partial charge in [-0.25, -0.2) is 13.4 Å². The molecule has 0 fully saturated rings. The number of carbonyl (C=O) groups excluding carboxylic acids is 1. The number of benzene rings is 3. The molecule has 7 nitrogen and oxygen atoms in total. The Morgan fingerprint density at radius 2 is 1.64 bits per heavy atom. The van der Waals surface area contributed by atoms with Gasteiger partial charge in [0, 0.05) is 59.3 Å². The van der Waals surface area contributed by atoms with Gasteiger partial charge in [0.05, 0.1) is 5.69 Å². The molecule has 0 aliphatic heterocycles. The average molecular weight is 595 g/mol. The van der Waals surface area contributed by atoms with E-state index in [1.807, 2.05) is 74.6 Å². The van der Waals surface area contributed by atoms with Gasteiger partial charge in [-0.05, 0) is 66.8 Å². The lowest BCUT2D eigenvalue weighted by Crippen LogP contribution is -2.30. The number of nitrogens with one attached hydrogen (secondary N) is 1. The third-order valence-electron chi connectivity index (χ3n) is 7.63. The maximum atomic E-state index is 13.3. The lowest BCUT2D eigenvalue weighted by Gasteiger charge is -2.19. The number of fused-ring (bicyclic) bond motifs is 3. The van der Waals surface area contributed by atoms with Crippen LogP contribution >= 0.6 is 11.3 Å². The second kappa shape index (κ2) is 11.1. The molecule has 3 heterocycles. The van der Waals surface area contributed by atoms with Crippen molar-refractivity contribution in [2.24, 2.45) is 0 Å². The molecular formula is C33H30N4O3S2. The molecular weight excluding hydrogens is 565 g/mol. The third kappa shape index (κ3) is 4.74. The molecule has 1 N–H and O–H groups in total. The van der Waals surface area contributed by atoms with Gasteiger partial charge in [0.25, 0.3) is 15.9 Å². The molecule has 9 heteroatoms. The van der Waals surface area contributed by atoms with E-state index in [2.05, 4.69) is 17.1 Å². The van der Waals surface area contributed by atoms with Crippen molar-refractivity contribution in [2.45, 2.75) is 18.1 Å². The van der Waals surface area contributed by atoms with Crippen LogP contribution in [0.2, 0.25) is 0 Å². The van der Waals surface area contributed by atoms with Crippen molar-refractivity contribution in [1.82, 2.24) is 14.9 Å². The Morgan fingerprint density at radius 1 is 0.905 bits per heavy atom. The minimum Gasteiger partial charge on any atom is -0.339 e. The highest BCUT2D eigenvalue weighted by Gasteiger charge is 2.24. The minimum atomic E-state index is -3.69. The van der Waals surface area contributed by atoms with Gasteiger partial charge in [0.1, 0.15) is 9.86 Å². The summed E-state index contributed by atoms with van der Waals surface area (Å²) in [5.41, 5.74) is 6.61. The van der Waals surface area contributed by atoms with E-state index in [0.29, 0.717) is 34.2 Å². The molecule has 0 saturated carbocycles. The lowest BCUT2D eigenvalue weighted by molar-refractivity contribution is 0.0773. The lowest BCUT2D eigenvalue weighted by atomic mass is 9.92. The minimum absolute atomic E-state index is 0.00851. The molecule has 0 atom stereocenters. The van der Waals surface area contributed by atoms with Gasteiger partial charge in [0.15, 0.2) is 0 Å². The molecule has 0 radical (unpaired) electrons. The first kappa shape index (κ1) is 27.7. The average Bonchev–Trinajstić information content (AvgIpc) is 3.70. The van der Waals surface area contributed by atoms with Crippen LogP contribution in [0, 0.1) is 0 Å². The van der Waals surface area contributed by atoms with Gasteiger partial charge in [-0.15, -0.1) is 11.3 Å². The molecule has 6 aromatic rings. The number of amides is 1. The second-order valence-corrected chi connectivity index (χ2v) is 13.1. The van der Waals surface area contributed by atoms with Crippen LogP contribution in [0.25, 0.3) is 44.2 Å². The molecule has 42 heavy (non-hydrogen) atoms. The summed E-state index contributed by atoms with van der Waals surface area (Å²) in [6.45, 7) is 5.26. The number of aromatic amines is 1. The summed E-state index contributed by atoms with van der Waals surface area (Å²) in [5, 5.41) is 3.53. The number of nitrogens with zero attached hydrogens (tertiary/aromatic N) is 3. The Hall–Kier alpha value is -4.47. The Labute approximate surface area is 249 Å². The van der Waals surface area contributed by atoms with Crippen molar-refractivity contribution >= 4 is 54.9 Å². The summed E-state index contributed by atoms with van der Waals surface area (Å²) >= 11 is 1.20. The van der Waals surface area contributed by atoms with Crippen LogP contribution < -0.4 is 4.31 Å². The number of thiophene rings is 1. The summed E-state index contributed by atoms with van der Waals surface area (Å²) in [6, 6.07) is 26.7. The Balaban J connectivity index is 1.54. The summed E-state index contributed by atoms with van der Waals surface area (Å²) in [5.74, 6) is 0.00851. The smallest absolute Gasteiger partial charge is 0.273 e. The first-order chi connectivity index (χ1) is 20.3. The highest BCUT2D eigenvalue weighted by molar-refractivity contribution is 7.94.